The molecule has 0 radical (unpaired) electrons. The first-order chi connectivity index (χ1) is 9.78. The Morgan fingerprint density at radius 2 is 2.10 bits per heavy atom. The van der Waals surface area contributed by atoms with E-state index in [2.05, 4.69) is 17.0 Å². The van der Waals surface area contributed by atoms with Gasteiger partial charge in [0.15, 0.2) is 0 Å². The van der Waals surface area contributed by atoms with Crippen LogP contribution in [0, 0.1) is 0 Å². The van der Waals surface area contributed by atoms with Crippen LogP contribution in [0.1, 0.15) is 44.1 Å². The minimum Gasteiger partial charge on any atom is -0.372 e. The molecule has 1 spiro atoms. The second-order valence-corrected chi connectivity index (χ2v) is 6.45. The largest absolute Gasteiger partial charge is 0.372 e. The SMILES string of the molecule is O=C1CC[C@@H]2O[C@@H]3CCC[C@]2(C3)N1Cc1ccccc1. The van der Waals surface area contributed by atoms with Crippen molar-refractivity contribution in [3.05, 3.63) is 35.9 Å². The van der Waals surface area contributed by atoms with Gasteiger partial charge in [0.05, 0.1) is 17.7 Å². The molecule has 2 heterocycles. The van der Waals surface area contributed by atoms with E-state index in [1.807, 2.05) is 18.2 Å². The molecule has 1 aromatic carbocycles. The molecular formula is C17H21NO2. The quantitative estimate of drug-likeness (QED) is 0.827. The van der Waals surface area contributed by atoms with E-state index >= 15 is 0 Å². The van der Waals surface area contributed by atoms with E-state index in [4.69, 9.17) is 4.74 Å². The third-order valence-corrected chi connectivity index (χ3v) is 5.32. The Labute approximate surface area is 119 Å². The van der Waals surface area contributed by atoms with Gasteiger partial charge in [0.1, 0.15) is 0 Å². The summed E-state index contributed by atoms with van der Waals surface area (Å²) in [6, 6.07) is 10.4. The molecule has 2 saturated heterocycles. The highest BCUT2D eigenvalue weighted by molar-refractivity contribution is 5.78. The van der Waals surface area contributed by atoms with Crippen LogP contribution in [0.5, 0.6) is 0 Å². The molecule has 3 aliphatic rings. The summed E-state index contributed by atoms with van der Waals surface area (Å²) >= 11 is 0. The van der Waals surface area contributed by atoms with Gasteiger partial charge in [-0.3, -0.25) is 4.79 Å². The number of piperidine rings is 1. The maximum atomic E-state index is 12.5. The van der Waals surface area contributed by atoms with E-state index in [1.54, 1.807) is 0 Å². The van der Waals surface area contributed by atoms with Gasteiger partial charge < -0.3 is 9.64 Å². The van der Waals surface area contributed by atoms with Gasteiger partial charge in [0, 0.05) is 13.0 Å². The lowest BCUT2D eigenvalue weighted by Crippen LogP contribution is -2.59. The Morgan fingerprint density at radius 3 is 2.95 bits per heavy atom. The van der Waals surface area contributed by atoms with Crippen LogP contribution in [0.25, 0.3) is 0 Å². The van der Waals surface area contributed by atoms with Gasteiger partial charge in [-0.25, -0.2) is 0 Å². The summed E-state index contributed by atoms with van der Waals surface area (Å²) in [5.41, 5.74) is 1.22. The molecule has 2 aliphatic heterocycles. The molecule has 1 amide bonds. The third kappa shape index (κ3) is 1.80. The molecule has 4 rings (SSSR count). The Bertz CT molecular complexity index is 515. The summed E-state index contributed by atoms with van der Waals surface area (Å²) in [7, 11) is 0. The highest BCUT2D eigenvalue weighted by Crippen LogP contribution is 2.49. The number of fused-ring (bicyclic) bond motifs is 1. The van der Waals surface area contributed by atoms with Gasteiger partial charge >= 0.3 is 0 Å². The number of amides is 1. The summed E-state index contributed by atoms with van der Waals surface area (Å²) in [5.74, 6) is 0.316. The minimum atomic E-state index is -0.00586. The number of carbonyl (C=O) groups is 1. The molecule has 3 nitrogen and oxygen atoms in total. The van der Waals surface area contributed by atoms with E-state index in [1.165, 1.54) is 18.4 Å². The molecular weight excluding hydrogens is 250 g/mol. The number of hydrogen-bond donors (Lipinski definition) is 0. The average molecular weight is 271 g/mol. The van der Waals surface area contributed by atoms with Crippen LogP contribution in [0.4, 0.5) is 0 Å². The summed E-state index contributed by atoms with van der Waals surface area (Å²) in [6.45, 7) is 0.742. The molecule has 0 unspecified atom stereocenters. The number of hydrogen-bond acceptors (Lipinski definition) is 2. The normalized spacial score (nSPS) is 36.0. The van der Waals surface area contributed by atoms with Gasteiger partial charge in [-0.2, -0.15) is 0 Å². The lowest BCUT2D eigenvalue weighted by molar-refractivity contribution is -0.149. The standard InChI is InChI=1S/C17H21NO2/c19-16-9-8-15-17(10-4-7-14(11-17)20-15)18(16)12-13-5-2-1-3-6-13/h1-3,5-6,14-15H,4,7-12H2/t14-,15+,17-/m1/s1. The maximum absolute atomic E-state index is 12.5. The van der Waals surface area contributed by atoms with Crippen LogP contribution >= 0.6 is 0 Å². The number of carbonyl (C=O) groups excluding carboxylic acids is 1. The maximum Gasteiger partial charge on any atom is 0.223 e. The number of ether oxygens (including phenoxy) is 1. The Morgan fingerprint density at radius 1 is 1.25 bits per heavy atom. The van der Waals surface area contributed by atoms with E-state index in [0.717, 1.165) is 25.8 Å². The van der Waals surface area contributed by atoms with Crippen molar-refractivity contribution in [2.24, 2.45) is 0 Å². The van der Waals surface area contributed by atoms with Gasteiger partial charge in [-0.15, -0.1) is 0 Å². The molecule has 3 atom stereocenters. The zero-order valence-corrected chi connectivity index (χ0v) is 11.8. The van der Waals surface area contributed by atoms with Crippen molar-refractivity contribution in [2.75, 3.05) is 0 Å². The topological polar surface area (TPSA) is 29.5 Å². The van der Waals surface area contributed by atoms with Crippen LogP contribution < -0.4 is 0 Å². The minimum absolute atomic E-state index is 0.00586. The molecule has 2 bridgehead atoms. The van der Waals surface area contributed by atoms with Gasteiger partial charge in [0.25, 0.3) is 0 Å². The van der Waals surface area contributed by atoms with Crippen molar-refractivity contribution >= 4 is 5.91 Å². The Hall–Kier alpha value is -1.35. The lowest BCUT2D eigenvalue weighted by Gasteiger charge is -2.48. The van der Waals surface area contributed by atoms with E-state index in [0.29, 0.717) is 18.4 Å². The van der Waals surface area contributed by atoms with E-state index in [-0.39, 0.29) is 11.6 Å². The fourth-order valence-corrected chi connectivity index (χ4v) is 4.41. The molecule has 1 saturated carbocycles. The van der Waals surface area contributed by atoms with E-state index in [9.17, 15) is 4.79 Å². The van der Waals surface area contributed by atoms with Crippen LogP contribution in [0.3, 0.4) is 0 Å². The number of likely N-dealkylation sites (tertiary alicyclic amines) is 1. The molecule has 0 aromatic heterocycles. The average Bonchev–Trinajstić information content (AvgIpc) is 2.74. The van der Waals surface area contributed by atoms with Gasteiger partial charge in [-0.05, 0) is 37.7 Å². The molecule has 1 aliphatic carbocycles. The Balaban J connectivity index is 1.66. The van der Waals surface area contributed by atoms with Crippen LogP contribution in [-0.2, 0) is 16.1 Å². The van der Waals surface area contributed by atoms with Crippen molar-refractivity contribution in [3.8, 4) is 0 Å². The Kier molecular flexibility index (Phi) is 2.84. The van der Waals surface area contributed by atoms with Crippen molar-refractivity contribution < 1.29 is 9.53 Å². The first-order valence-electron chi connectivity index (χ1n) is 7.78. The highest BCUT2D eigenvalue weighted by Gasteiger charge is 2.57. The van der Waals surface area contributed by atoms with Crippen LogP contribution in [0.2, 0.25) is 0 Å². The number of benzene rings is 1. The van der Waals surface area contributed by atoms with Crippen LogP contribution in [-0.4, -0.2) is 28.6 Å². The van der Waals surface area contributed by atoms with Crippen molar-refractivity contribution in [2.45, 2.75) is 62.8 Å². The first kappa shape index (κ1) is 12.4. The number of rotatable bonds is 2. The number of nitrogens with zero attached hydrogens (tertiary/aromatic N) is 1. The summed E-state index contributed by atoms with van der Waals surface area (Å²) in [6.07, 6.45) is 6.76. The van der Waals surface area contributed by atoms with Crippen LogP contribution in [0.15, 0.2) is 30.3 Å². The van der Waals surface area contributed by atoms with Crippen molar-refractivity contribution in [3.63, 3.8) is 0 Å². The fourth-order valence-electron chi connectivity index (χ4n) is 4.41. The lowest BCUT2D eigenvalue weighted by atomic mass is 9.74. The second kappa shape index (κ2) is 4.59. The van der Waals surface area contributed by atoms with Crippen molar-refractivity contribution in [1.29, 1.82) is 0 Å². The van der Waals surface area contributed by atoms with Crippen molar-refractivity contribution in [1.82, 2.24) is 4.90 Å². The predicted octanol–water partition coefficient (Wildman–Crippen LogP) is 2.89. The first-order valence-corrected chi connectivity index (χ1v) is 7.78. The fraction of sp³-hybridized carbons (Fsp3) is 0.588. The van der Waals surface area contributed by atoms with Gasteiger partial charge in [-0.1, -0.05) is 30.3 Å². The summed E-state index contributed by atoms with van der Waals surface area (Å²) in [4.78, 5) is 14.7. The molecule has 106 valence electrons. The highest BCUT2D eigenvalue weighted by atomic mass is 16.5. The third-order valence-electron chi connectivity index (χ3n) is 5.32. The molecule has 0 N–H and O–H groups in total. The molecule has 3 heteroatoms. The zero-order chi connectivity index (χ0) is 13.6. The van der Waals surface area contributed by atoms with Gasteiger partial charge in [0.2, 0.25) is 5.91 Å². The molecule has 1 aromatic rings. The summed E-state index contributed by atoms with van der Waals surface area (Å²) < 4.78 is 6.20. The smallest absolute Gasteiger partial charge is 0.223 e. The monoisotopic (exact) mass is 271 g/mol. The summed E-state index contributed by atoms with van der Waals surface area (Å²) in [5, 5.41) is 0. The van der Waals surface area contributed by atoms with E-state index < -0.39 is 0 Å². The zero-order valence-electron chi connectivity index (χ0n) is 11.8. The molecule has 20 heavy (non-hydrogen) atoms. The second-order valence-electron chi connectivity index (χ2n) is 6.45. The molecule has 3 fully saturated rings. The predicted molar refractivity (Wildman–Crippen MR) is 76.1 cm³/mol.